The third kappa shape index (κ3) is 3.55. The molecule has 2 nitrogen and oxygen atoms in total. The van der Waals surface area contributed by atoms with E-state index < -0.39 is 0 Å². The predicted molar refractivity (Wildman–Crippen MR) is 86.7 cm³/mol. The van der Waals surface area contributed by atoms with Gasteiger partial charge in [-0.15, -0.1) is 0 Å². The van der Waals surface area contributed by atoms with Gasteiger partial charge in [0.05, 0.1) is 0 Å². The van der Waals surface area contributed by atoms with Gasteiger partial charge in [-0.1, -0.05) is 44.4 Å². The zero-order valence-electron chi connectivity index (χ0n) is 13.7. The highest BCUT2D eigenvalue weighted by atomic mass is 16.5. The number of carbonyl (C=O) groups excluding carboxylic acids is 1. The van der Waals surface area contributed by atoms with Crippen LogP contribution in [0.3, 0.4) is 0 Å². The van der Waals surface area contributed by atoms with Gasteiger partial charge in [0, 0.05) is 18.4 Å². The minimum absolute atomic E-state index is 0.256. The average Bonchev–Trinajstić information content (AvgIpc) is 2.46. The van der Waals surface area contributed by atoms with Crippen molar-refractivity contribution >= 4 is 5.78 Å². The van der Waals surface area contributed by atoms with Crippen molar-refractivity contribution in [1.29, 1.82) is 0 Å². The molecular formula is C19H26O2. The van der Waals surface area contributed by atoms with E-state index in [1.54, 1.807) is 0 Å². The van der Waals surface area contributed by atoms with Crippen LogP contribution in [0.15, 0.2) is 23.5 Å². The number of ether oxygens (including phenoxy) is 1. The molecule has 0 atom stereocenters. The number of allylic oxidation sites excluding steroid dienone is 2. The third-order valence-electron chi connectivity index (χ3n) is 4.16. The highest BCUT2D eigenvalue weighted by Gasteiger charge is 2.23. The summed E-state index contributed by atoms with van der Waals surface area (Å²) in [6.07, 6.45) is 5.56. The summed E-state index contributed by atoms with van der Waals surface area (Å²) < 4.78 is 6.01. The van der Waals surface area contributed by atoms with Gasteiger partial charge in [0.25, 0.3) is 0 Å². The molecule has 114 valence electrons. The maximum Gasteiger partial charge on any atom is 0.162 e. The number of benzene rings is 1. The predicted octanol–water partition coefficient (Wildman–Crippen LogP) is 4.92. The molecular weight excluding hydrogens is 260 g/mol. The lowest BCUT2D eigenvalue weighted by Crippen LogP contribution is -2.16. The summed E-state index contributed by atoms with van der Waals surface area (Å²) in [5.74, 6) is 2.03. The Morgan fingerprint density at radius 3 is 2.62 bits per heavy atom. The summed E-state index contributed by atoms with van der Waals surface area (Å²) in [6, 6.07) is 4.33. The highest BCUT2D eigenvalue weighted by Crippen LogP contribution is 2.35. The second-order valence-corrected chi connectivity index (χ2v) is 5.96. The zero-order chi connectivity index (χ0) is 15.4. The molecule has 0 N–H and O–H groups in total. The fourth-order valence-corrected chi connectivity index (χ4v) is 2.96. The molecule has 0 radical (unpaired) electrons. The normalized spacial score (nSPS) is 13.9. The van der Waals surface area contributed by atoms with Crippen molar-refractivity contribution in [1.82, 2.24) is 0 Å². The Labute approximate surface area is 128 Å². The van der Waals surface area contributed by atoms with Gasteiger partial charge >= 0.3 is 0 Å². The molecule has 0 aliphatic carbocycles. The monoisotopic (exact) mass is 286 g/mol. The summed E-state index contributed by atoms with van der Waals surface area (Å²) in [5, 5.41) is 0. The molecule has 0 amide bonds. The van der Waals surface area contributed by atoms with Gasteiger partial charge in [0.2, 0.25) is 0 Å². The quantitative estimate of drug-likeness (QED) is 0.694. The summed E-state index contributed by atoms with van der Waals surface area (Å²) in [4.78, 5) is 12.4. The standard InChI is InChI=1S/C19H26O2/c1-5-7-8-9-18(20)17-12-16-11-13(3)10-15(6-2)19(16)21-14(17)4/h10-11H,5-9,12H2,1-4H3. The molecule has 0 fully saturated rings. The Morgan fingerprint density at radius 1 is 1.19 bits per heavy atom. The maximum atomic E-state index is 12.4. The number of ketones is 1. The van der Waals surface area contributed by atoms with E-state index in [4.69, 9.17) is 4.74 Å². The third-order valence-corrected chi connectivity index (χ3v) is 4.16. The van der Waals surface area contributed by atoms with E-state index in [-0.39, 0.29) is 5.78 Å². The van der Waals surface area contributed by atoms with Crippen LogP contribution in [-0.2, 0) is 17.6 Å². The lowest BCUT2D eigenvalue weighted by Gasteiger charge is -2.24. The first-order valence-corrected chi connectivity index (χ1v) is 8.10. The SMILES string of the molecule is CCCCCC(=O)C1=C(C)Oc2c(CC)cc(C)cc2C1. The minimum atomic E-state index is 0.256. The first kappa shape index (κ1) is 15.8. The summed E-state index contributed by atoms with van der Waals surface area (Å²) >= 11 is 0. The van der Waals surface area contributed by atoms with Crippen molar-refractivity contribution in [2.24, 2.45) is 0 Å². The minimum Gasteiger partial charge on any atom is -0.461 e. The smallest absolute Gasteiger partial charge is 0.162 e. The molecule has 1 heterocycles. The van der Waals surface area contributed by atoms with Crippen molar-refractivity contribution in [3.05, 3.63) is 40.2 Å². The number of unbranched alkanes of at least 4 members (excludes halogenated alkanes) is 2. The van der Waals surface area contributed by atoms with Crippen LogP contribution in [-0.4, -0.2) is 5.78 Å². The van der Waals surface area contributed by atoms with Crippen molar-refractivity contribution in [3.8, 4) is 5.75 Å². The number of fused-ring (bicyclic) bond motifs is 1. The van der Waals surface area contributed by atoms with Crippen LogP contribution in [0.25, 0.3) is 0 Å². The first-order valence-electron chi connectivity index (χ1n) is 8.10. The second-order valence-electron chi connectivity index (χ2n) is 5.96. The van der Waals surface area contributed by atoms with Crippen molar-refractivity contribution in [2.75, 3.05) is 0 Å². The summed E-state index contributed by atoms with van der Waals surface area (Å²) in [5.41, 5.74) is 4.51. The van der Waals surface area contributed by atoms with Crippen molar-refractivity contribution < 1.29 is 9.53 Å². The molecule has 1 aromatic carbocycles. The molecule has 0 saturated heterocycles. The molecule has 0 bridgehead atoms. The number of aryl methyl sites for hydroxylation is 2. The van der Waals surface area contributed by atoms with Gasteiger partial charge in [-0.05, 0) is 37.8 Å². The number of hydrogen-bond donors (Lipinski definition) is 0. The Kier molecular flexibility index (Phi) is 5.22. The number of rotatable bonds is 6. The highest BCUT2D eigenvalue weighted by molar-refractivity contribution is 5.96. The lowest BCUT2D eigenvalue weighted by atomic mass is 9.92. The number of hydrogen-bond acceptors (Lipinski definition) is 2. The van der Waals surface area contributed by atoms with Crippen LogP contribution in [0, 0.1) is 6.92 Å². The molecule has 1 aromatic rings. The largest absolute Gasteiger partial charge is 0.461 e. The molecule has 21 heavy (non-hydrogen) atoms. The van der Waals surface area contributed by atoms with Gasteiger partial charge in [0.1, 0.15) is 11.5 Å². The van der Waals surface area contributed by atoms with E-state index in [0.29, 0.717) is 6.42 Å². The van der Waals surface area contributed by atoms with Gasteiger partial charge < -0.3 is 4.74 Å². The van der Waals surface area contributed by atoms with E-state index in [9.17, 15) is 4.79 Å². The maximum absolute atomic E-state index is 12.4. The van der Waals surface area contributed by atoms with Crippen LogP contribution in [0.2, 0.25) is 0 Å². The number of carbonyl (C=O) groups is 1. The Hall–Kier alpha value is -1.57. The molecule has 2 rings (SSSR count). The molecule has 0 spiro atoms. The van der Waals surface area contributed by atoms with Crippen LogP contribution in [0.5, 0.6) is 5.75 Å². The molecule has 0 aromatic heterocycles. The fraction of sp³-hybridized carbons (Fsp3) is 0.526. The molecule has 0 saturated carbocycles. The van der Waals surface area contributed by atoms with Crippen LogP contribution < -0.4 is 4.74 Å². The topological polar surface area (TPSA) is 26.3 Å². The summed E-state index contributed by atoms with van der Waals surface area (Å²) in [7, 11) is 0. The second kappa shape index (κ2) is 6.93. The van der Waals surface area contributed by atoms with E-state index in [1.807, 2.05) is 6.92 Å². The molecule has 1 aliphatic rings. The Balaban J connectivity index is 2.22. The van der Waals surface area contributed by atoms with E-state index in [2.05, 4.69) is 32.9 Å². The first-order chi connectivity index (χ1) is 10.1. The zero-order valence-corrected chi connectivity index (χ0v) is 13.7. The van der Waals surface area contributed by atoms with Crippen molar-refractivity contribution in [2.45, 2.75) is 66.2 Å². The summed E-state index contributed by atoms with van der Waals surface area (Å²) in [6.45, 7) is 8.33. The fourth-order valence-electron chi connectivity index (χ4n) is 2.96. The van der Waals surface area contributed by atoms with Crippen molar-refractivity contribution in [3.63, 3.8) is 0 Å². The number of Topliss-reactive ketones (excluding diaryl/α,β-unsaturated/α-hetero) is 1. The van der Waals surface area contributed by atoms with E-state index in [0.717, 1.165) is 54.7 Å². The van der Waals surface area contributed by atoms with Gasteiger partial charge in [-0.2, -0.15) is 0 Å². The molecule has 0 unspecified atom stereocenters. The van der Waals surface area contributed by atoms with E-state index >= 15 is 0 Å². The lowest BCUT2D eigenvalue weighted by molar-refractivity contribution is -0.116. The van der Waals surface area contributed by atoms with Crippen LogP contribution >= 0.6 is 0 Å². The average molecular weight is 286 g/mol. The van der Waals surface area contributed by atoms with Gasteiger partial charge in [0.15, 0.2) is 5.78 Å². The van der Waals surface area contributed by atoms with Crippen LogP contribution in [0.4, 0.5) is 0 Å². The van der Waals surface area contributed by atoms with Gasteiger partial charge in [-0.3, -0.25) is 4.79 Å². The molecule has 2 heteroatoms. The molecule has 1 aliphatic heterocycles. The van der Waals surface area contributed by atoms with E-state index in [1.165, 1.54) is 11.1 Å². The van der Waals surface area contributed by atoms with Gasteiger partial charge in [-0.25, -0.2) is 0 Å². The Bertz CT molecular complexity index is 567. The van der Waals surface area contributed by atoms with Crippen LogP contribution in [0.1, 0.15) is 63.1 Å². The Morgan fingerprint density at radius 2 is 1.95 bits per heavy atom.